The van der Waals surface area contributed by atoms with Crippen LogP contribution in [0.5, 0.6) is 0 Å². The van der Waals surface area contributed by atoms with E-state index in [1.165, 1.54) is 0 Å². The van der Waals surface area contributed by atoms with Crippen molar-refractivity contribution in [2.75, 3.05) is 5.32 Å². The summed E-state index contributed by atoms with van der Waals surface area (Å²) in [6.07, 6.45) is 0. The molecule has 3 rings (SSSR count). The van der Waals surface area contributed by atoms with Crippen molar-refractivity contribution >= 4 is 33.6 Å². The Morgan fingerprint density at radius 2 is 1.77 bits per heavy atom. The molecular formula is C20H20BrN3O2. The summed E-state index contributed by atoms with van der Waals surface area (Å²) in [6.45, 7) is 5.74. The first kappa shape index (κ1) is 18.2. The third-order valence-corrected chi connectivity index (χ3v) is 4.88. The molecule has 0 saturated carbocycles. The largest absolute Gasteiger partial charge is 0.327 e. The number of carbonyl (C=O) groups excluding carboxylic acids is 2. The molecule has 1 aliphatic rings. The lowest BCUT2D eigenvalue weighted by Crippen LogP contribution is -2.46. The number of allylic oxidation sites excluding steroid dienone is 1. The molecule has 6 heteroatoms. The third kappa shape index (κ3) is 3.80. The molecule has 1 aliphatic heterocycles. The van der Waals surface area contributed by atoms with E-state index in [0.717, 1.165) is 21.2 Å². The highest BCUT2D eigenvalue weighted by Gasteiger charge is 2.32. The fourth-order valence-electron chi connectivity index (χ4n) is 3.11. The number of hydrogen-bond donors (Lipinski definition) is 3. The normalized spacial score (nSPS) is 16.8. The second-order valence-corrected chi connectivity index (χ2v) is 7.31. The second-order valence-electron chi connectivity index (χ2n) is 6.39. The minimum atomic E-state index is -0.500. The van der Waals surface area contributed by atoms with Gasteiger partial charge in [-0.2, -0.15) is 0 Å². The summed E-state index contributed by atoms with van der Waals surface area (Å²) in [5.41, 5.74) is 4.81. The minimum Gasteiger partial charge on any atom is -0.327 e. The molecule has 0 bridgehead atoms. The van der Waals surface area contributed by atoms with Gasteiger partial charge >= 0.3 is 6.03 Å². The lowest BCUT2D eigenvalue weighted by atomic mass is 9.91. The van der Waals surface area contributed by atoms with Crippen molar-refractivity contribution in [3.8, 4) is 0 Å². The smallest absolute Gasteiger partial charge is 0.319 e. The molecule has 26 heavy (non-hydrogen) atoms. The summed E-state index contributed by atoms with van der Waals surface area (Å²) < 4.78 is 0.936. The quantitative estimate of drug-likeness (QED) is 0.700. The fourth-order valence-corrected chi connectivity index (χ4v) is 3.37. The van der Waals surface area contributed by atoms with Crippen molar-refractivity contribution in [2.45, 2.75) is 26.8 Å². The number of amides is 3. The van der Waals surface area contributed by atoms with E-state index < -0.39 is 6.04 Å². The number of carbonyl (C=O) groups is 2. The first-order valence-corrected chi connectivity index (χ1v) is 9.07. The second kappa shape index (κ2) is 7.33. The van der Waals surface area contributed by atoms with Crippen LogP contribution in [0.2, 0.25) is 0 Å². The standard InChI is InChI=1S/C20H20BrN3O2/c1-11-4-9-16(12(2)10-11)18-17(13(3)22-20(26)24-18)19(25)23-15-7-5-14(21)6-8-15/h4-10,18H,1-3H3,(H,23,25)(H2,22,24,26). The number of halogens is 1. The van der Waals surface area contributed by atoms with Crippen LogP contribution in [-0.2, 0) is 4.79 Å². The Morgan fingerprint density at radius 1 is 1.08 bits per heavy atom. The van der Waals surface area contributed by atoms with Crippen molar-refractivity contribution < 1.29 is 9.59 Å². The van der Waals surface area contributed by atoms with Gasteiger partial charge in [0.2, 0.25) is 0 Å². The van der Waals surface area contributed by atoms with Gasteiger partial charge in [-0.3, -0.25) is 4.79 Å². The van der Waals surface area contributed by atoms with Gasteiger partial charge in [0.1, 0.15) is 0 Å². The Hall–Kier alpha value is -2.60. The highest BCUT2D eigenvalue weighted by molar-refractivity contribution is 9.10. The lowest BCUT2D eigenvalue weighted by Gasteiger charge is -2.29. The summed E-state index contributed by atoms with van der Waals surface area (Å²) in [5, 5.41) is 8.48. The summed E-state index contributed by atoms with van der Waals surface area (Å²) >= 11 is 3.38. The molecule has 2 aromatic carbocycles. The minimum absolute atomic E-state index is 0.248. The van der Waals surface area contributed by atoms with Gasteiger partial charge in [0.15, 0.2) is 0 Å². The molecular weight excluding hydrogens is 394 g/mol. The maximum absolute atomic E-state index is 13.0. The molecule has 0 aromatic heterocycles. The van der Waals surface area contributed by atoms with E-state index in [0.29, 0.717) is 17.0 Å². The Kier molecular flexibility index (Phi) is 5.13. The van der Waals surface area contributed by atoms with E-state index in [1.807, 2.05) is 56.3 Å². The molecule has 134 valence electrons. The molecule has 1 heterocycles. The molecule has 0 spiro atoms. The molecule has 3 amide bonds. The predicted molar refractivity (Wildman–Crippen MR) is 106 cm³/mol. The van der Waals surface area contributed by atoms with Gasteiger partial charge in [-0.05, 0) is 56.2 Å². The zero-order chi connectivity index (χ0) is 18.8. The van der Waals surface area contributed by atoms with Crippen LogP contribution < -0.4 is 16.0 Å². The van der Waals surface area contributed by atoms with Crippen LogP contribution in [-0.4, -0.2) is 11.9 Å². The lowest BCUT2D eigenvalue weighted by molar-refractivity contribution is -0.113. The van der Waals surface area contributed by atoms with Crippen molar-refractivity contribution in [3.05, 3.63) is 74.9 Å². The first-order chi connectivity index (χ1) is 12.3. The average Bonchev–Trinajstić information content (AvgIpc) is 2.56. The predicted octanol–water partition coefficient (Wildman–Crippen LogP) is 4.33. The van der Waals surface area contributed by atoms with E-state index in [-0.39, 0.29) is 11.9 Å². The van der Waals surface area contributed by atoms with E-state index in [1.54, 1.807) is 6.92 Å². The van der Waals surface area contributed by atoms with Gasteiger partial charge in [0.05, 0.1) is 11.6 Å². The van der Waals surface area contributed by atoms with Crippen LogP contribution in [0.3, 0.4) is 0 Å². The van der Waals surface area contributed by atoms with Crippen molar-refractivity contribution in [3.63, 3.8) is 0 Å². The summed E-state index contributed by atoms with van der Waals surface area (Å²) in [5.74, 6) is -0.248. The van der Waals surface area contributed by atoms with Gasteiger partial charge in [0, 0.05) is 15.9 Å². The molecule has 0 aliphatic carbocycles. The van der Waals surface area contributed by atoms with Crippen molar-refractivity contribution in [1.29, 1.82) is 0 Å². The van der Waals surface area contributed by atoms with Gasteiger partial charge in [0.25, 0.3) is 5.91 Å². The van der Waals surface area contributed by atoms with Crippen LogP contribution in [0.4, 0.5) is 10.5 Å². The monoisotopic (exact) mass is 413 g/mol. The van der Waals surface area contributed by atoms with Crippen molar-refractivity contribution in [1.82, 2.24) is 10.6 Å². The molecule has 1 unspecified atom stereocenters. The molecule has 0 fully saturated rings. The van der Waals surface area contributed by atoms with Gasteiger partial charge < -0.3 is 16.0 Å². The number of aryl methyl sites for hydroxylation is 2. The number of hydrogen-bond acceptors (Lipinski definition) is 2. The van der Waals surface area contributed by atoms with E-state index in [9.17, 15) is 9.59 Å². The first-order valence-electron chi connectivity index (χ1n) is 8.27. The molecule has 2 aromatic rings. The highest BCUT2D eigenvalue weighted by Crippen LogP contribution is 2.30. The Bertz CT molecular complexity index is 904. The number of rotatable bonds is 3. The van der Waals surface area contributed by atoms with Crippen LogP contribution in [0.25, 0.3) is 0 Å². The molecule has 0 saturated heterocycles. The van der Waals surface area contributed by atoms with Crippen LogP contribution in [0, 0.1) is 13.8 Å². The molecule has 0 radical (unpaired) electrons. The van der Waals surface area contributed by atoms with E-state index >= 15 is 0 Å². The average molecular weight is 414 g/mol. The summed E-state index contributed by atoms with van der Waals surface area (Å²) in [6, 6.07) is 12.5. The third-order valence-electron chi connectivity index (χ3n) is 4.35. The Morgan fingerprint density at radius 3 is 2.42 bits per heavy atom. The number of anilines is 1. The topological polar surface area (TPSA) is 70.2 Å². The zero-order valence-electron chi connectivity index (χ0n) is 14.8. The summed E-state index contributed by atoms with van der Waals surface area (Å²) in [7, 11) is 0. The Balaban J connectivity index is 1.97. The maximum atomic E-state index is 13.0. The van der Waals surface area contributed by atoms with Crippen molar-refractivity contribution in [2.24, 2.45) is 0 Å². The number of benzene rings is 2. The molecule has 5 nitrogen and oxygen atoms in total. The number of urea groups is 1. The number of nitrogens with one attached hydrogen (secondary N) is 3. The highest BCUT2D eigenvalue weighted by atomic mass is 79.9. The zero-order valence-corrected chi connectivity index (χ0v) is 16.4. The molecule has 1 atom stereocenters. The van der Waals surface area contributed by atoms with Gasteiger partial charge in [-0.25, -0.2) is 4.79 Å². The maximum Gasteiger partial charge on any atom is 0.319 e. The van der Waals surface area contributed by atoms with Crippen LogP contribution >= 0.6 is 15.9 Å². The van der Waals surface area contributed by atoms with Crippen LogP contribution in [0.15, 0.2) is 58.2 Å². The summed E-state index contributed by atoms with van der Waals surface area (Å²) in [4.78, 5) is 25.0. The van der Waals surface area contributed by atoms with Gasteiger partial charge in [-0.1, -0.05) is 39.7 Å². The van der Waals surface area contributed by atoms with E-state index in [4.69, 9.17) is 0 Å². The van der Waals surface area contributed by atoms with E-state index in [2.05, 4.69) is 31.9 Å². The van der Waals surface area contributed by atoms with Gasteiger partial charge in [-0.15, -0.1) is 0 Å². The van der Waals surface area contributed by atoms with Crippen LogP contribution in [0.1, 0.15) is 29.7 Å². The Labute approximate surface area is 161 Å². The SMILES string of the molecule is CC1=C(C(=O)Nc2ccc(Br)cc2)C(c2ccc(C)cc2C)NC(=O)N1. The fraction of sp³-hybridized carbons (Fsp3) is 0.200. The molecule has 3 N–H and O–H groups in total.